The van der Waals surface area contributed by atoms with Crippen molar-refractivity contribution >= 4 is 17.7 Å². The zero-order chi connectivity index (χ0) is 15.2. The van der Waals surface area contributed by atoms with Crippen LogP contribution in [0.4, 0.5) is 0 Å². The number of carbonyl (C=O) groups excluding carboxylic acids is 3. The van der Waals surface area contributed by atoms with Gasteiger partial charge in [-0.3, -0.25) is 14.4 Å². The van der Waals surface area contributed by atoms with Crippen LogP contribution in [0.2, 0.25) is 0 Å². The van der Waals surface area contributed by atoms with Gasteiger partial charge < -0.3 is 16.4 Å². The molecule has 0 aromatic heterocycles. The second kappa shape index (κ2) is 7.76. The predicted octanol–water partition coefficient (Wildman–Crippen LogP) is 0.163. The maximum absolute atomic E-state index is 12.1. The molecule has 0 spiro atoms. The van der Waals surface area contributed by atoms with Gasteiger partial charge in [0.2, 0.25) is 17.7 Å². The summed E-state index contributed by atoms with van der Waals surface area (Å²) in [5, 5.41) is 5.19. The van der Waals surface area contributed by atoms with Gasteiger partial charge in [0.25, 0.3) is 0 Å². The largest absolute Gasteiger partial charge is 0.368 e. The highest BCUT2D eigenvalue weighted by Gasteiger charge is 2.27. The zero-order valence-corrected chi connectivity index (χ0v) is 12.3. The summed E-state index contributed by atoms with van der Waals surface area (Å²) in [7, 11) is 0. The Morgan fingerprint density at radius 1 is 1.05 bits per heavy atom. The molecular weight excluding hydrogens is 246 g/mol. The van der Waals surface area contributed by atoms with Gasteiger partial charge in [0.05, 0.1) is 0 Å². The molecule has 3 amide bonds. The van der Waals surface area contributed by atoms with Gasteiger partial charge in [-0.25, -0.2) is 0 Å². The summed E-state index contributed by atoms with van der Waals surface area (Å²) < 4.78 is 0. The van der Waals surface area contributed by atoms with Gasteiger partial charge in [-0.2, -0.15) is 0 Å². The van der Waals surface area contributed by atoms with Crippen LogP contribution in [-0.2, 0) is 14.4 Å². The highest BCUT2D eigenvalue weighted by atomic mass is 16.2. The van der Waals surface area contributed by atoms with Crippen LogP contribution in [0.25, 0.3) is 0 Å². The molecule has 0 aliphatic heterocycles. The molecule has 0 fully saturated rings. The number of hydrogen-bond donors (Lipinski definition) is 3. The van der Waals surface area contributed by atoms with E-state index < -0.39 is 18.0 Å². The third kappa shape index (κ3) is 6.79. The number of nitrogens with one attached hydrogen (secondary N) is 2. The molecule has 0 saturated heterocycles. The van der Waals surface area contributed by atoms with Crippen molar-refractivity contribution in [2.45, 2.75) is 53.1 Å². The fourth-order valence-electron chi connectivity index (χ4n) is 1.77. The Hall–Kier alpha value is -1.59. The molecule has 6 heteroatoms. The van der Waals surface area contributed by atoms with Gasteiger partial charge in [0.15, 0.2) is 0 Å². The minimum absolute atomic E-state index is 0.0986. The molecule has 0 saturated carbocycles. The van der Waals surface area contributed by atoms with E-state index in [-0.39, 0.29) is 23.7 Å². The predicted molar refractivity (Wildman–Crippen MR) is 73.0 cm³/mol. The van der Waals surface area contributed by atoms with Crippen molar-refractivity contribution in [1.82, 2.24) is 10.6 Å². The lowest BCUT2D eigenvalue weighted by Gasteiger charge is -2.24. The SMILES string of the molecule is CC(=O)NC(CC(C)C)C(=O)NC(C(N)=O)C(C)C. The fourth-order valence-corrected chi connectivity index (χ4v) is 1.77. The number of rotatable bonds is 7. The van der Waals surface area contributed by atoms with E-state index >= 15 is 0 Å². The van der Waals surface area contributed by atoms with Crippen LogP contribution in [0.5, 0.6) is 0 Å². The number of carbonyl (C=O) groups is 3. The summed E-state index contributed by atoms with van der Waals surface area (Å²) in [4.78, 5) is 34.5. The van der Waals surface area contributed by atoms with Gasteiger partial charge in [-0.1, -0.05) is 27.7 Å². The van der Waals surface area contributed by atoms with Crippen molar-refractivity contribution in [2.75, 3.05) is 0 Å². The Morgan fingerprint density at radius 2 is 1.58 bits per heavy atom. The number of hydrogen-bond acceptors (Lipinski definition) is 3. The van der Waals surface area contributed by atoms with Gasteiger partial charge in [-0.15, -0.1) is 0 Å². The zero-order valence-electron chi connectivity index (χ0n) is 12.3. The Kier molecular flexibility index (Phi) is 7.11. The molecule has 0 bridgehead atoms. The van der Waals surface area contributed by atoms with E-state index in [1.165, 1.54) is 6.92 Å². The van der Waals surface area contributed by atoms with Crippen LogP contribution >= 0.6 is 0 Å². The highest BCUT2D eigenvalue weighted by molar-refractivity contribution is 5.91. The van der Waals surface area contributed by atoms with E-state index in [0.29, 0.717) is 6.42 Å². The number of primary amides is 1. The maximum atomic E-state index is 12.1. The molecule has 4 N–H and O–H groups in total. The summed E-state index contributed by atoms with van der Waals surface area (Å²) in [5.74, 6) is -1.08. The molecule has 2 atom stereocenters. The van der Waals surface area contributed by atoms with Gasteiger partial charge in [0.1, 0.15) is 12.1 Å². The van der Waals surface area contributed by atoms with E-state index in [4.69, 9.17) is 5.73 Å². The molecule has 110 valence electrons. The fraction of sp³-hybridized carbons (Fsp3) is 0.769. The van der Waals surface area contributed by atoms with E-state index in [0.717, 1.165) is 0 Å². The van der Waals surface area contributed by atoms with Gasteiger partial charge in [0, 0.05) is 6.92 Å². The number of amides is 3. The van der Waals surface area contributed by atoms with Crippen LogP contribution in [0.1, 0.15) is 41.0 Å². The van der Waals surface area contributed by atoms with Crippen molar-refractivity contribution in [1.29, 1.82) is 0 Å². The molecule has 0 aliphatic carbocycles. The topological polar surface area (TPSA) is 101 Å². The molecule has 0 aromatic carbocycles. The summed E-state index contributed by atoms with van der Waals surface area (Å²) in [6, 6.07) is -1.37. The third-order valence-electron chi connectivity index (χ3n) is 2.67. The maximum Gasteiger partial charge on any atom is 0.243 e. The van der Waals surface area contributed by atoms with E-state index in [1.807, 2.05) is 13.8 Å². The summed E-state index contributed by atoms with van der Waals surface area (Å²) >= 11 is 0. The smallest absolute Gasteiger partial charge is 0.243 e. The molecule has 19 heavy (non-hydrogen) atoms. The summed E-state index contributed by atoms with van der Waals surface area (Å²) in [5.41, 5.74) is 5.25. The van der Waals surface area contributed by atoms with E-state index in [2.05, 4.69) is 10.6 Å². The first-order valence-electron chi connectivity index (χ1n) is 6.51. The Bertz CT molecular complexity index is 340. The average Bonchev–Trinajstić information content (AvgIpc) is 2.22. The Labute approximate surface area is 114 Å². The molecule has 0 aromatic rings. The monoisotopic (exact) mass is 271 g/mol. The van der Waals surface area contributed by atoms with Crippen LogP contribution in [-0.4, -0.2) is 29.8 Å². The Morgan fingerprint density at radius 3 is 1.89 bits per heavy atom. The minimum Gasteiger partial charge on any atom is -0.368 e. The quantitative estimate of drug-likeness (QED) is 0.615. The second-order valence-electron chi connectivity index (χ2n) is 5.52. The van der Waals surface area contributed by atoms with E-state index in [1.54, 1.807) is 13.8 Å². The van der Waals surface area contributed by atoms with Crippen LogP contribution < -0.4 is 16.4 Å². The molecule has 0 radical (unpaired) electrons. The van der Waals surface area contributed by atoms with Gasteiger partial charge >= 0.3 is 0 Å². The third-order valence-corrected chi connectivity index (χ3v) is 2.67. The molecule has 0 aliphatic rings. The summed E-state index contributed by atoms with van der Waals surface area (Å²) in [6.45, 7) is 8.86. The summed E-state index contributed by atoms with van der Waals surface area (Å²) in [6.07, 6.45) is 0.509. The standard InChI is InChI=1S/C13H25N3O3/c1-7(2)6-10(15-9(5)17)13(19)16-11(8(3)4)12(14)18/h7-8,10-11H,6H2,1-5H3,(H2,14,18)(H,15,17)(H,16,19). The average molecular weight is 271 g/mol. The van der Waals surface area contributed by atoms with Crippen LogP contribution in [0, 0.1) is 11.8 Å². The van der Waals surface area contributed by atoms with Crippen LogP contribution in [0.3, 0.4) is 0 Å². The lowest BCUT2D eigenvalue weighted by atomic mass is 10.00. The van der Waals surface area contributed by atoms with Gasteiger partial charge in [-0.05, 0) is 18.3 Å². The minimum atomic E-state index is -0.726. The molecule has 6 nitrogen and oxygen atoms in total. The molecule has 0 rings (SSSR count). The van der Waals surface area contributed by atoms with Crippen molar-refractivity contribution in [2.24, 2.45) is 17.6 Å². The highest BCUT2D eigenvalue weighted by Crippen LogP contribution is 2.07. The Balaban J connectivity index is 4.78. The normalized spacial score (nSPS) is 14.1. The lowest BCUT2D eigenvalue weighted by molar-refractivity contribution is -0.131. The lowest BCUT2D eigenvalue weighted by Crippen LogP contribution is -2.54. The first-order chi connectivity index (χ1) is 8.65. The first-order valence-corrected chi connectivity index (χ1v) is 6.51. The van der Waals surface area contributed by atoms with E-state index in [9.17, 15) is 14.4 Å². The van der Waals surface area contributed by atoms with Crippen LogP contribution in [0.15, 0.2) is 0 Å². The van der Waals surface area contributed by atoms with Crippen molar-refractivity contribution in [3.8, 4) is 0 Å². The second-order valence-corrected chi connectivity index (χ2v) is 5.52. The molecule has 0 heterocycles. The molecular formula is C13H25N3O3. The number of nitrogens with two attached hydrogens (primary N) is 1. The van der Waals surface area contributed by atoms with Crippen molar-refractivity contribution in [3.63, 3.8) is 0 Å². The molecule has 2 unspecified atom stereocenters. The van der Waals surface area contributed by atoms with Crippen molar-refractivity contribution in [3.05, 3.63) is 0 Å². The first kappa shape index (κ1) is 17.4. The van der Waals surface area contributed by atoms with Crippen molar-refractivity contribution < 1.29 is 14.4 Å².